The zero-order valence-corrected chi connectivity index (χ0v) is 11.2. The van der Waals surface area contributed by atoms with Crippen LogP contribution in [0, 0.1) is 6.92 Å². The van der Waals surface area contributed by atoms with Crippen LogP contribution in [0.3, 0.4) is 0 Å². The molecule has 0 saturated carbocycles. The third kappa shape index (κ3) is 1.98. The topological polar surface area (TPSA) is 30.9 Å². The van der Waals surface area contributed by atoms with Crippen molar-refractivity contribution in [1.29, 1.82) is 0 Å². The molecule has 2 N–H and O–H groups in total. The lowest BCUT2D eigenvalue weighted by Crippen LogP contribution is -2.08. The Morgan fingerprint density at radius 1 is 1.24 bits per heavy atom. The summed E-state index contributed by atoms with van der Waals surface area (Å²) in [7, 11) is 0. The molecule has 2 rings (SSSR count). The van der Waals surface area contributed by atoms with Crippen molar-refractivity contribution < 1.29 is 0 Å². The monoisotopic (exact) mass is 230 g/mol. The van der Waals surface area contributed by atoms with E-state index in [9.17, 15) is 0 Å². The highest BCUT2D eigenvalue weighted by molar-refractivity contribution is 5.87. The quantitative estimate of drug-likeness (QED) is 0.858. The molecule has 0 amide bonds. The van der Waals surface area contributed by atoms with Gasteiger partial charge in [-0.1, -0.05) is 19.1 Å². The van der Waals surface area contributed by atoms with E-state index in [4.69, 9.17) is 5.73 Å². The molecule has 2 heteroatoms. The maximum absolute atomic E-state index is 5.82. The molecule has 0 fully saturated rings. The summed E-state index contributed by atoms with van der Waals surface area (Å²) in [5, 5.41) is 1.39. The molecule has 92 valence electrons. The second-order valence-electron chi connectivity index (χ2n) is 5.19. The van der Waals surface area contributed by atoms with E-state index in [1.165, 1.54) is 22.0 Å². The van der Waals surface area contributed by atoms with E-state index in [0.29, 0.717) is 18.5 Å². The Labute approximate surface area is 103 Å². The Balaban J connectivity index is 2.76. The number of fused-ring (bicyclic) bond motifs is 1. The average Bonchev–Trinajstić information content (AvgIpc) is 2.69. The zero-order chi connectivity index (χ0) is 12.6. The summed E-state index contributed by atoms with van der Waals surface area (Å²) in [6.07, 6.45) is 2.28. The van der Waals surface area contributed by atoms with Gasteiger partial charge in [0.25, 0.3) is 0 Å². The van der Waals surface area contributed by atoms with Gasteiger partial charge in [0.15, 0.2) is 0 Å². The van der Waals surface area contributed by atoms with Crippen molar-refractivity contribution in [3.8, 4) is 0 Å². The first-order valence-electron chi connectivity index (χ1n) is 6.36. The van der Waals surface area contributed by atoms with E-state index in [2.05, 4.69) is 56.7 Å². The van der Waals surface area contributed by atoms with Crippen molar-refractivity contribution in [3.05, 3.63) is 35.5 Å². The maximum atomic E-state index is 5.82. The maximum Gasteiger partial charge on any atom is 0.0488 e. The average molecular weight is 230 g/mol. The third-order valence-corrected chi connectivity index (χ3v) is 3.54. The largest absolute Gasteiger partial charge is 0.345 e. The molecule has 0 spiro atoms. The van der Waals surface area contributed by atoms with Crippen molar-refractivity contribution in [1.82, 2.24) is 4.57 Å². The van der Waals surface area contributed by atoms with Crippen molar-refractivity contribution >= 4 is 10.9 Å². The van der Waals surface area contributed by atoms with Crippen LogP contribution < -0.4 is 5.73 Å². The molecule has 0 bridgehead atoms. The van der Waals surface area contributed by atoms with Gasteiger partial charge in [-0.2, -0.15) is 0 Å². The normalized spacial score (nSPS) is 13.5. The highest BCUT2D eigenvalue weighted by atomic mass is 15.0. The molecule has 0 saturated heterocycles. The van der Waals surface area contributed by atoms with E-state index < -0.39 is 0 Å². The summed E-state index contributed by atoms with van der Waals surface area (Å²) in [4.78, 5) is 0. The molecule has 0 aliphatic rings. The van der Waals surface area contributed by atoms with Crippen LogP contribution in [0.2, 0.25) is 0 Å². The Morgan fingerprint density at radius 2 is 1.94 bits per heavy atom. The standard InChI is InChI=1S/C15H22N2/c1-10(2)17-9-13(12(4)8-16)15-11(3)6-5-7-14(15)17/h5-7,9-10,12H,8,16H2,1-4H3. The highest BCUT2D eigenvalue weighted by Crippen LogP contribution is 2.31. The van der Waals surface area contributed by atoms with E-state index in [0.717, 1.165) is 0 Å². The summed E-state index contributed by atoms with van der Waals surface area (Å²) in [6, 6.07) is 7.00. The number of rotatable bonds is 3. The predicted molar refractivity (Wildman–Crippen MR) is 74.5 cm³/mol. The second kappa shape index (κ2) is 4.53. The molecule has 2 aromatic rings. The second-order valence-corrected chi connectivity index (χ2v) is 5.19. The fourth-order valence-corrected chi connectivity index (χ4v) is 2.45. The van der Waals surface area contributed by atoms with Crippen LogP contribution in [0.1, 0.15) is 43.9 Å². The van der Waals surface area contributed by atoms with Gasteiger partial charge in [0.2, 0.25) is 0 Å². The molecule has 17 heavy (non-hydrogen) atoms. The molecule has 1 heterocycles. The Morgan fingerprint density at radius 3 is 2.53 bits per heavy atom. The third-order valence-electron chi connectivity index (χ3n) is 3.54. The molecular weight excluding hydrogens is 208 g/mol. The van der Waals surface area contributed by atoms with Gasteiger partial charge in [-0.05, 0) is 50.4 Å². The van der Waals surface area contributed by atoms with E-state index >= 15 is 0 Å². The van der Waals surface area contributed by atoms with Crippen molar-refractivity contribution in [3.63, 3.8) is 0 Å². The molecule has 1 aromatic heterocycles. The Kier molecular flexibility index (Phi) is 3.25. The van der Waals surface area contributed by atoms with Crippen LogP contribution in [0.25, 0.3) is 10.9 Å². The van der Waals surface area contributed by atoms with Gasteiger partial charge in [-0.25, -0.2) is 0 Å². The van der Waals surface area contributed by atoms with Crippen LogP contribution in [0.15, 0.2) is 24.4 Å². The first kappa shape index (κ1) is 12.2. The lowest BCUT2D eigenvalue weighted by molar-refractivity contribution is 0.618. The highest BCUT2D eigenvalue weighted by Gasteiger charge is 2.15. The number of hydrogen-bond donors (Lipinski definition) is 1. The fourth-order valence-electron chi connectivity index (χ4n) is 2.45. The van der Waals surface area contributed by atoms with E-state index in [-0.39, 0.29) is 0 Å². The van der Waals surface area contributed by atoms with Gasteiger partial charge in [-0.15, -0.1) is 0 Å². The zero-order valence-electron chi connectivity index (χ0n) is 11.2. The van der Waals surface area contributed by atoms with Gasteiger partial charge in [0, 0.05) is 23.1 Å². The van der Waals surface area contributed by atoms with Crippen LogP contribution >= 0.6 is 0 Å². The van der Waals surface area contributed by atoms with Crippen LogP contribution in [0.4, 0.5) is 0 Å². The lowest BCUT2D eigenvalue weighted by atomic mass is 9.98. The fraction of sp³-hybridized carbons (Fsp3) is 0.467. The molecular formula is C15H22N2. The van der Waals surface area contributed by atoms with Gasteiger partial charge in [0.05, 0.1) is 0 Å². The smallest absolute Gasteiger partial charge is 0.0488 e. The summed E-state index contributed by atoms with van der Waals surface area (Å²) in [6.45, 7) is 9.52. The lowest BCUT2D eigenvalue weighted by Gasteiger charge is -2.09. The van der Waals surface area contributed by atoms with Gasteiger partial charge in [-0.3, -0.25) is 0 Å². The van der Waals surface area contributed by atoms with Crippen LogP contribution in [0.5, 0.6) is 0 Å². The van der Waals surface area contributed by atoms with Gasteiger partial charge >= 0.3 is 0 Å². The summed E-state index contributed by atoms with van der Waals surface area (Å²) in [5.74, 6) is 0.415. The molecule has 2 nitrogen and oxygen atoms in total. The minimum absolute atomic E-state index is 0.415. The number of aryl methyl sites for hydroxylation is 1. The number of nitrogens with two attached hydrogens (primary N) is 1. The summed E-state index contributed by atoms with van der Waals surface area (Å²) in [5.41, 5.74) is 9.88. The number of nitrogens with zero attached hydrogens (tertiary/aromatic N) is 1. The predicted octanol–water partition coefficient (Wildman–Crippen LogP) is 3.59. The van der Waals surface area contributed by atoms with Crippen LogP contribution in [-0.2, 0) is 0 Å². The van der Waals surface area contributed by atoms with Crippen LogP contribution in [-0.4, -0.2) is 11.1 Å². The molecule has 1 aromatic carbocycles. The minimum Gasteiger partial charge on any atom is -0.345 e. The summed E-state index contributed by atoms with van der Waals surface area (Å²) >= 11 is 0. The molecule has 0 aliphatic carbocycles. The Hall–Kier alpha value is -1.28. The SMILES string of the molecule is Cc1cccc2c1c(C(C)CN)cn2C(C)C. The number of hydrogen-bond acceptors (Lipinski definition) is 1. The van der Waals surface area contributed by atoms with Crippen molar-refractivity contribution in [2.24, 2.45) is 5.73 Å². The molecule has 0 aliphatic heterocycles. The minimum atomic E-state index is 0.415. The van der Waals surface area contributed by atoms with E-state index in [1.807, 2.05) is 0 Å². The first-order chi connectivity index (χ1) is 8.06. The first-order valence-corrected chi connectivity index (χ1v) is 6.36. The van der Waals surface area contributed by atoms with Gasteiger partial charge < -0.3 is 10.3 Å². The number of aromatic nitrogens is 1. The van der Waals surface area contributed by atoms with Gasteiger partial charge in [0.1, 0.15) is 0 Å². The molecule has 1 unspecified atom stereocenters. The molecule has 0 radical (unpaired) electrons. The van der Waals surface area contributed by atoms with Crippen molar-refractivity contribution in [2.75, 3.05) is 6.54 Å². The molecule has 1 atom stereocenters. The van der Waals surface area contributed by atoms with E-state index in [1.54, 1.807) is 0 Å². The van der Waals surface area contributed by atoms with Crippen molar-refractivity contribution in [2.45, 2.75) is 39.7 Å². The Bertz CT molecular complexity index is 523. The summed E-state index contributed by atoms with van der Waals surface area (Å²) < 4.78 is 2.35. The number of benzene rings is 1.